The SMILES string of the molecule is CN(C(=O)Cn1cnc2ccsc2c1=O)C1CCCCC1. The summed E-state index contributed by atoms with van der Waals surface area (Å²) < 4.78 is 2.03. The van der Waals surface area contributed by atoms with E-state index in [0.29, 0.717) is 16.3 Å². The normalized spacial score (nSPS) is 16.2. The molecule has 112 valence electrons. The van der Waals surface area contributed by atoms with E-state index in [4.69, 9.17) is 0 Å². The molecule has 3 rings (SSSR count). The summed E-state index contributed by atoms with van der Waals surface area (Å²) in [7, 11) is 1.85. The van der Waals surface area contributed by atoms with E-state index in [1.165, 1.54) is 41.5 Å². The number of hydrogen-bond donors (Lipinski definition) is 0. The molecule has 0 spiro atoms. The van der Waals surface area contributed by atoms with Gasteiger partial charge >= 0.3 is 0 Å². The van der Waals surface area contributed by atoms with Gasteiger partial charge in [0.1, 0.15) is 11.2 Å². The molecular weight excluding hydrogens is 286 g/mol. The molecule has 0 atom stereocenters. The lowest BCUT2D eigenvalue weighted by atomic mass is 9.94. The van der Waals surface area contributed by atoms with Gasteiger partial charge in [-0.05, 0) is 24.3 Å². The summed E-state index contributed by atoms with van der Waals surface area (Å²) >= 11 is 1.37. The van der Waals surface area contributed by atoms with Crippen LogP contribution in [-0.4, -0.2) is 33.4 Å². The highest BCUT2D eigenvalue weighted by Gasteiger charge is 2.22. The van der Waals surface area contributed by atoms with Gasteiger partial charge in [0.2, 0.25) is 5.91 Å². The molecule has 1 aliphatic carbocycles. The van der Waals surface area contributed by atoms with Crippen LogP contribution < -0.4 is 5.56 Å². The summed E-state index contributed by atoms with van der Waals surface area (Å²) in [6, 6.07) is 2.14. The molecule has 0 aromatic carbocycles. The summed E-state index contributed by atoms with van der Waals surface area (Å²) in [4.78, 5) is 30.7. The van der Waals surface area contributed by atoms with Crippen LogP contribution in [0.15, 0.2) is 22.6 Å². The minimum absolute atomic E-state index is 0.0123. The number of rotatable bonds is 3. The second-order valence-electron chi connectivity index (χ2n) is 5.61. The Hall–Kier alpha value is -1.69. The van der Waals surface area contributed by atoms with Crippen molar-refractivity contribution < 1.29 is 4.79 Å². The van der Waals surface area contributed by atoms with Gasteiger partial charge in [0.25, 0.3) is 5.56 Å². The molecule has 1 amide bonds. The van der Waals surface area contributed by atoms with Gasteiger partial charge in [0.05, 0.1) is 11.8 Å². The lowest BCUT2D eigenvalue weighted by Gasteiger charge is -2.31. The number of hydrogen-bond acceptors (Lipinski definition) is 4. The number of likely N-dealkylation sites (N-methyl/N-ethyl adjacent to an activating group) is 1. The molecule has 2 aromatic heterocycles. The van der Waals surface area contributed by atoms with E-state index in [0.717, 1.165) is 12.8 Å². The predicted octanol–water partition coefficient (Wildman–Crippen LogP) is 2.25. The minimum atomic E-state index is -0.125. The quantitative estimate of drug-likeness (QED) is 0.874. The molecule has 1 fully saturated rings. The molecule has 2 aromatic rings. The van der Waals surface area contributed by atoms with Crippen molar-refractivity contribution in [2.45, 2.75) is 44.7 Å². The smallest absolute Gasteiger partial charge is 0.271 e. The Morgan fingerprint density at radius 1 is 1.43 bits per heavy atom. The summed E-state index contributed by atoms with van der Waals surface area (Å²) in [5, 5.41) is 1.85. The Balaban J connectivity index is 1.76. The maximum atomic E-state index is 12.4. The fourth-order valence-electron chi connectivity index (χ4n) is 2.92. The zero-order chi connectivity index (χ0) is 14.8. The number of nitrogens with zero attached hydrogens (tertiary/aromatic N) is 3. The van der Waals surface area contributed by atoms with E-state index < -0.39 is 0 Å². The number of fused-ring (bicyclic) bond motifs is 1. The van der Waals surface area contributed by atoms with E-state index >= 15 is 0 Å². The lowest BCUT2D eigenvalue weighted by molar-refractivity contribution is -0.133. The monoisotopic (exact) mass is 305 g/mol. The maximum Gasteiger partial charge on any atom is 0.271 e. The van der Waals surface area contributed by atoms with Crippen LogP contribution in [0.5, 0.6) is 0 Å². The van der Waals surface area contributed by atoms with Gasteiger partial charge in [0.15, 0.2) is 0 Å². The van der Waals surface area contributed by atoms with E-state index in [2.05, 4.69) is 4.98 Å². The number of carbonyl (C=O) groups excluding carboxylic acids is 1. The molecule has 6 heteroatoms. The molecule has 0 saturated heterocycles. The molecule has 0 bridgehead atoms. The average Bonchev–Trinajstić information content (AvgIpc) is 2.99. The van der Waals surface area contributed by atoms with Crippen molar-refractivity contribution in [3.63, 3.8) is 0 Å². The van der Waals surface area contributed by atoms with Crippen LogP contribution in [0.4, 0.5) is 0 Å². The van der Waals surface area contributed by atoms with Gasteiger partial charge in [-0.1, -0.05) is 19.3 Å². The van der Waals surface area contributed by atoms with Crippen LogP contribution in [0.2, 0.25) is 0 Å². The highest BCUT2D eigenvalue weighted by atomic mass is 32.1. The van der Waals surface area contributed by atoms with Crippen molar-refractivity contribution in [2.24, 2.45) is 0 Å². The number of amides is 1. The molecule has 0 N–H and O–H groups in total. The first-order chi connectivity index (χ1) is 10.2. The van der Waals surface area contributed by atoms with E-state index in [1.54, 1.807) is 0 Å². The molecule has 0 radical (unpaired) electrons. The molecule has 0 unspecified atom stereocenters. The molecule has 21 heavy (non-hydrogen) atoms. The number of carbonyl (C=O) groups is 1. The Morgan fingerprint density at radius 2 is 2.19 bits per heavy atom. The topological polar surface area (TPSA) is 55.2 Å². The minimum Gasteiger partial charge on any atom is -0.341 e. The lowest BCUT2D eigenvalue weighted by Crippen LogP contribution is -2.41. The van der Waals surface area contributed by atoms with Crippen molar-refractivity contribution in [2.75, 3.05) is 7.05 Å². The molecule has 1 aliphatic rings. The van der Waals surface area contributed by atoms with Crippen molar-refractivity contribution in [3.05, 3.63) is 28.1 Å². The Kier molecular flexibility index (Phi) is 4.05. The first-order valence-electron chi connectivity index (χ1n) is 7.35. The van der Waals surface area contributed by atoms with Crippen LogP contribution in [0, 0.1) is 0 Å². The second-order valence-corrected chi connectivity index (χ2v) is 6.53. The van der Waals surface area contributed by atoms with Crippen molar-refractivity contribution in [3.8, 4) is 0 Å². The van der Waals surface area contributed by atoms with Crippen LogP contribution >= 0.6 is 11.3 Å². The summed E-state index contributed by atoms with van der Waals surface area (Å²) in [6.07, 6.45) is 7.25. The Bertz CT molecular complexity index is 700. The average molecular weight is 305 g/mol. The molecule has 2 heterocycles. The standard InChI is InChI=1S/C15H19N3O2S/c1-17(11-5-3-2-4-6-11)13(19)9-18-10-16-12-7-8-21-14(12)15(18)20/h7-8,10-11H,2-6,9H2,1H3. The van der Waals surface area contributed by atoms with Gasteiger partial charge < -0.3 is 4.90 Å². The van der Waals surface area contributed by atoms with E-state index in [1.807, 2.05) is 23.4 Å². The second kappa shape index (κ2) is 5.97. The summed E-state index contributed by atoms with van der Waals surface area (Å²) in [5.41, 5.74) is 0.578. The first-order valence-corrected chi connectivity index (χ1v) is 8.23. The zero-order valence-electron chi connectivity index (χ0n) is 12.1. The summed E-state index contributed by atoms with van der Waals surface area (Å²) in [6.45, 7) is 0.0761. The van der Waals surface area contributed by atoms with Gasteiger partial charge in [-0.25, -0.2) is 4.98 Å². The fraction of sp³-hybridized carbons (Fsp3) is 0.533. The van der Waals surface area contributed by atoms with Crippen LogP contribution in [0.1, 0.15) is 32.1 Å². The number of aromatic nitrogens is 2. The van der Waals surface area contributed by atoms with E-state index in [-0.39, 0.29) is 18.0 Å². The predicted molar refractivity (Wildman–Crippen MR) is 83.5 cm³/mol. The highest BCUT2D eigenvalue weighted by Crippen LogP contribution is 2.21. The van der Waals surface area contributed by atoms with Gasteiger partial charge in [-0.15, -0.1) is 11.3 Å². The Morgan fingerprint density at radius 3 is 2.95 bits per heavy atom. The van der Waals surface area contributed by atoms with Crippen molar-refractivity contribution >= 4 is 27.5 Å². The maximum absolute atomic E-state index is 12.4. The molecule has 5 nitrogen and oxygen atoms in total. The third-order valence-electron chi connectivity index (χ3n) is 4.26. The number of thiophene rings is 1. The third-order valence-corrected chi connectivity index (χ3v) is 5.15. The van der Waals surface area contributed by atoms with Crippen molar-refractivity contribution in [1.82, 2.24) is 14.5 Å². The van der Waals surface area contributed by atoms with Crippen LogP contribution in [0.3, 0.4) is 0 Å². The van der Waals surface area contributed by atoms with Crippen LogP contribution in [0.25, 0.3) is 10.2 Å². The third kappa shape index (κ3) is 2.85. The largest absolute Gasteiger partial charge is 0.341 e. The highest BCUT2D eigenvalue weighted by molar-refractivity contribution is 7.17. The zero-order valence-corrected chi connectivity index (χ0v) is 12.9. The van der Waals surface area contributed by atoms with Gasteiger partial charge in [-0.3, -0.25) is 14.2 Å². The van der Waals surface area contributed by atoms with Gasteiger partial charge in [-0.2, -0.15) is 0 Å². The molecule has 1 saturated carbocycles. The van der Waals surface area contributed by atoms with Crippen molar-refractivity contribution in [1.29, 1.82) is 0 Å². The van der Waals surface area contributed by atoms with Gasteiger partial charge in [0, 0.05) is 13.1 Å². The fourth-order valence-corrected chi connectivity index (χ4v) is 3.71. The summed E-state index contributed by atoms with van der Waals surface area (Å²) in [5.74, 6) is -0.0123. The first kappa shape index (κ1) is 14.3. The van der Waals surface area contributed by atoms with E-state index in [9.17, 15) is 9.59 Å². The van der Waals surface area contributed by atoms with Crippen LogP contribution in [-0.2, 0) is 11.3 Å². The Labute approximate surface area is 127 Å². The molecular formula is C15H19N3O2S. The molecule has 0 aliphatic heterocycles.